The Labute approximate surface area is 273 Å². The van der Waals surface area contributed by atoms with E-state index in [1.807, 2.05) is 4.90 Å². The summed E-state index contributed by atoms with van der Waals surface area (Å²) in [6, 6.07) is 4.31. The van der Waals surface area contributed by atoms with E-state index in [1.165, 1.54) is 24.0 Å². The summed E-state index contributed by atoms with van der Waals surface area (Å²) in [7, 11) is 1.54. The van der Waals surface area contributed by atoms with E-state index in [2.05, 4.69) is 16.0 Å². The number of hydrogen-bond acceptors (Lipinski definition) is 8. The second-order valence-corrected chi connectivity index (χ2v) is 13.4. The molecule has 1 aromatic carbocycles. The quantitative estimate of drug-likeness (QED) is 0.521. The predicted octanol–water partition coefficient (Wildman–Crippen LogP) is 3.34. The molecule has 2 aromatic rings. The number of benzene rings is 1. The Morgan fingerprint density at radius 1 is 1.00 bits per heavy atom. The minimum absolute atomic E-state index is 0.0161. The number of nitrogens with one attached hydrogen (secondary N) is 2. The van der Waals surface area contributed by atoms with E-state index in [0.29, 0.717) is 75.5 Å². The van der Waals surface area contributed by atoms with Crippen LogP contribution < -0.4 is 20.1 Å². The fourth-order valence-corrected chi connectivity index (χ4v) is 8.03. The monoisotopic (exact) mass is 652 g/mol. The Hall–Kier alpha value is -3.64. The van der Waals surface area contributed by atoms with Gasteiger partial charge in [0, 0.05) is 44.8 Å². The van der Waals surface area contributed by atoms with Crippen molar-refractivity contribution in [2.75, 3.05) is 46.4 Å². The molecule has 3 atom stereocenters. The van der Waals surface area contributed by atoms with Crippen LogP contribution in [0, 0.1) is 0 Å². The van der Waals surface area contributed by atoms with Crippen molar-refractivity contribution in [2.45, 2.75) is 82.5 Å². The number of amides is 4. The SMILES string of the molecule is COc1ccc2cc1O[C@H]1C[C@@H](C(=O)NCCCCN(C(=O)[C@H]3CCCO3)CCCNC2=O)N(C(=O)c2scc3c2CCCC3)C1. The third-order valence-corrected chi connectivity index (χ3v) is 10.5. The summed E-state index contributed by atoms with van der Waals surface area (Å²) >= 11 is 1.47. The lowest BCUT2D eigenvalue weighted by atomic mass is 9.93. The van der Waals surface area contributed by atoms with Gasteiger partial charge in [-0.05, 0) is 92.5 Å². The van der Waals surface area contributed by atoms with Crippen LogP contribution in [0.5, 0.6) is 11.5 Å². The van der Waals surface area contributed by atoms with Crippen LogP contribution in [-0.4, -0.2) is 98.1 Å². The van der Waals surface area contributed by atoms with Gasteiger partial charge in [0.15, 0.2) is 11.5 Å². The molecule has 4 amide bonds. The largest absolute Gasteiger partial charge is 0.493 e. The molecule has 2 fully saturated rings. The number of fused-ring (bicyclic) bond motifs is 5. The summed E-state index contributed by atoms with van der Waals surface area (Å²) in [5, 5.41) is 8.11. The van der Waals surface area contributed by atoms with Crippen molar-refractivity contribution >= 4 is 35.0 Å². The zero-order valence-corrected chi connectivity index (χ0v) is 27.3. The molecular formula is C34H44N4O7S. The van der Waals surface area contributed by atoms with Crippen molar-refractivity contribution in [3.05, 3.63) is 45.1 Å². The van der Waals surface area contributed by atoms with Gasteiger partial charge in [-0.1, -0.05) is 0 Å². The topological polar surface area (TPSA) is 127 Å². The van der Waals surface area contributed by atoms with Crippen molar-refractivity contribution in [1.82, 2.24) is 20.4 Å². The minimum Gasteiger partial charge on any atom is -0.493 e. The van der Waals surface area contributed by atoms with Crippen molar-refractivity contribution in [3.8, 4) is 11.5 Å². The molecule has 0 saturated carbocycles. The van der Waals surface area contributed by atoms with Gasteiger partial charge < -0.3 is 34.6 Å². The van der Waals surface area contributed by atoms with Gasteiger partial charge in [-0.15, -0.1) is 11.3 Å². The summed E-state index contributed by atoms with van der Waals surface area (Å²) in [5.41, 5.74) is 2.77. The van der Waals surface area contributed by atoms with Crippen molar-refractivity contribution in [2.24, 2.45) is 0 Å². The van der Waals surface area contributed by atoms with Gasteiger partial charge in [-0.2, -0.15) is 0 Å². The molecule has 4 bridgehead atoms. The van der Waals surface area contributed by atoms with Gasteiger partial charge >= 0.3 is 0 Å². The normalized spacial score (nSPS) is 24.5. The number of rotatable bonds is 3. The molecule has 1 aromatic heterocycles. The van der Waals surface area contributed by atoms with Gasteiger partial charge in [0.2, 0.25) is 5.91 Å². The zero-order chi connectivity index (χ0) is 32.0. The molecule has 248 valence electrons. The molecule has 46 heavy (non-hydrogen) atoms. The maximum atomic E-state index is 14.0. The van der Waals surface area contributed by atoms with Crippen molar-refractivity contribution < 1.29 is 33.4 Å². The summed E-state index contributed by atoms with van der Waals surface area (Å²) in [5.74, 6) is 0.222. The smallest absolute Gasteiger partial charge is 0.265 e. The third kappa shape index (κ3) is 7.17. The zero-order valence-electron chi connectivity index (χ0n) is 26.5. The molecule has 11 nitrogen and oxygen atoms in total. The van der Waals surface area contributed by atoms with E-state index >= 15 is 0 Å². The number of hydrogen-bond donors (Lipinski definition) is 2. The van der Waals surface area contributed by atoms with Crippen LogP contribution in [0.2, 0.25) is 0 Å². The summed E-state index contributed by atoms with van der Waals surface area (Å²) in [4.78, 5) is 58.2. The number of aryl methyl sites for hydroxylation is 1. The van der Waals surface area contributed by atoms with Crippen LogP contribution >= 0.6 is 11.3 Å². The van der Waals surface area contributed by atoms with Crippen LogP contribution in [0.4, 0.5) is 0 Å². The molecule has 2 N–H and O–H groups in total. The molecule has 6 rings (SSSR count). The number of carbonyl (C=O) groups excluding carboxylic acids is 4. The molecule has 0 unspecified atom stereocenters. The lowest BCUT2D eigenvalue weighted by Crippen LogP contribution is -2.46. The lowest BCUT2D eigenvalue weighted by molar-refractivity contribution is -0.141. The van der Waals surface area contributed by atoms with Gasteiger partial charge in [-0.25, -0.2) is 0 Å². The highest BCUT2D eigenvalue weighted by molar-refractivity contribution is 7.12. The van der Waals surface area contributed by atoms with Crippen LogP contribution in [-0.2, 0) is 27.2 Å². The molecule has 0 radical (unpaired) electrons. The Balaban J connectivity index is 1.23. The van der Waals surface area contributed by atoms with Crippen molar-refractivity contribution in [1.29, 1.82) is 0 Å². The maximum absolute atomic E-state index is 14.0. The first-order valence-electron chi connectivity index (χ1n) is 16.6. The van der Waals surface area contributed by atoms with E-state index in [1.54, 1.807) is 23.1 Å². The number of ether oxygens (including phenoxy) is 3. The number of carbonyl (C=O) groups is 4. The van der Waals surface area contributed by atoms with Gasteiger partial charge in [0.25, 0.3) is 17.7 Å². The van der Waals surface area contributed by atoms with E-state index in [0.717, 1.165) is 49.0 Å². The average Bonchev–Trinajstić information content (AvgIpc) is 3.85. The van der Waals surface area contributed by atoms with E-state index in [4.69, 9.17) is 14.2 Å². The molecule has 12 heteroatoms. The Kier molecular flexibility index (Phi) is 10.4. The first-order chi connectivity index (χ1) is 22.4. The highest BCUT2D eigenvalue weighted by Crippen LogP contribution is 2.35. The first kappa shape index (κ1) is 32.3. The molecule has 1 aliphatic carbocycles. The van der Waals surface area contributed by atoms with E-state index in [-0.39, 0.29) is 30.2 Å². The van der Waals surface area contributed by atoms with Gasteiger partial charge in [-0.3, -0.25) is 19.2 Å². The first-order valence-corrected chi connectivity index (χ1v) is 17.5. The number of methoxy groups -OCH3 is 1. The van der Waals surface area contributed by atoms with Crippen LogP contribution in [0.15, 0.2) is 23.6 Å². The maximum Gasteiger partial charge on any atom is 0.265 e. The molecule has 4 aliphatic rings. The Morgan fingerprint density at radius 2 is 1.83 bits per heavy atom. The number of likely N-dealkylation sites (tertiary alicyclic amines) is 1. The molecule has 4 heterocycles. The molecule has 0 spiro atoms. The second kappa shape index (κ2) is 14.8. The average molecular weight is 653 g/mol. The second-order valence-electron chi connectivity index (χ2n) is 12.5. The van der Waals surface area contributed by atoms with Crippen LogP contribution in [0.1, 0.15) is 82.5 Å². The summed E-state index contributed by atoms with van der Waals surface area (Å²) < 4.78 is 17.6. The third-order valence-electron chi connectivity index (χ3n) is 9.40. The highest BCUT2D eigenvalue weighted by atomic mass is 32.1. The van der Waals surface area contributed by atoms with Crippen LogP contribution in [0.25, 0.3) is 0 Å². The van der Waals surface area contributed by atoms with Crippen molar-refractivity contribution in [3.63, 3.8) is 0 Å². The summed E-state index contributed by atoms with van der Waals surface area (Å²) in [6.07, 6.45) is 7.04. The standard InChI is InChI=1S/C34H44N4O7S/c1-43-27-12-11-22-18-29(27)45-24-19-26(38(20-24)34(42)30-25-9-3-2-8-23(25)21-46-30)32(40)36-13-4-5-15-37(16-7-14-35-31(22)39)33(41)28-10-6-17-44-28/h11-12,18,21,24,26,28H,2-10,13-17,19-20H2,1H3,(H,35,39)(H,36,40)/t24-,26-,28+/m0/s1. The van der Waals surface area contributed by atoms with E-state index in [9.17, 15) is 19.2 Å². The van der Waals surface area contributed by atoms with E-state index < -0.39 is 18.2 Å². The molecule has 2 saturated heterocycles. The van der Waals surface area contributed by atoms with Gasteiger partial charge in [0.1, 0.15) is 18.2 Å². The Morgan fingerprint density at radius 3 is 2.65 bits per heavy atom. The highest BCUT2D eigenvalue weighted by Gasteiger charge is 2.42. The van der Waals surface area contributed by atoms with Crippen LogP contribution in [0.3, 0.4) is 0 Å². The Bertz CT molecular complexity index is 1440. The van der Waals surface area contributed by atoms with Gasteiger partial charge in [0.05, 0.1) is 18.5 Å². The molecular weight excluding hydrogens is 608 g/mol. The number of thiophene rings is 1. The fourth-order valence-electron chi connectivity index (χ4n) is 6.91. The fraction of sp³-hybridized carbons (Fsp3) is 0.588. The predicted molar refractivity (Wildman–Crippen MR) is 173 cm³/mol. The lowest BCUT2D eigenvalue weighted by Gasteiger charge is -2.26. The molecule has 3 aliphatic heterocycles. The summed E-state index contributed by atoms with van der Waals surface area (Å²) in [6.45, 7) is 2.71. The number of nitrogens with zero attached hydrogens (tertiary/aromatic N) is 2. The minimum atomic E-state index is -0.698.